The lowest BCUT2D eigenvalue weighted by Crippen LogP contribution is -2.23. The van der Waals surface area contributed by atoms with Crippen molar-refractivity contribution in [3.05, 3.63) is 58.6 Å². The average molecular weight is 306 g/mol. The van der Waals surface area contributed by atoms with E-state index in [-0.39, 0.29) is 5.91 Å². The van der Waals surface area contributed by atoms with Crippen molar-refractivity contribution in [1.82, 2.24) is 5.32 Å². The number of rotatable bonds is 5. The van der Waals surface area contributed by atoms with Crippen LogP contribution in [0.5, 0.6) is 11.5 Å². The molecule has 0 aromatic heterocycles. The molecule has 2 aromatic rings. The van der Waals surface area contributed by atoms with Crippen LogP contribution in [0.3, 0.4) is 0 Å². The number of halogens is 1. The molecule has 21 heavy (non-hydrogen) atoms. The zero-order chi connectivity index (χ0) is 15.2. The molecule has 0 radical (unpaired) electrons. The molecular formula is C16H16ClNO3. The van der Waals surface area contributed by atoms with Crippen molar-refractivity contribution < 1.29 is 14.3 Å². The Morgan fingerprint density at radius 2 is 1.81 bits per heavy atom. The third-order valence-electron chi connectivity index (χ3n) is 3.03. The summed E-state index contributed by atoms with van der Waals surface area (Å²) in [7, 11) is 3.15. The van der Waals surface area contributed by atoms with Crippen molar-refractivity contribution in [3.63, 3.8) is 0 Å². The highest BCUT2D eigenvalue weighted by Gasteiger charge is 2.11. The summed E-state index contributed by atoms with van der Waals surface area (Å²) in [6.07, 6.45) is 0. The zero-order valence-corrected chi connectivity index (χ0v) is 12.6. The molecule has 2 aromatic carbocycles. The van der Waals surface area contributed by atoms with Crippen LogP contribution in [0.4, 0.5) is 0 Å². The van der Waals surface area contributed by atoms with Gasteiger partial charge in [-0.3, -0.25) is 4.79 Å². The molecule has 0 saturated carbocycles. The van der Waals surface area contributed by atoms with Crippen molar-refractivity contribution in [2.24, 2.45) is 0 Å². The smallest absolute Gasteiger partial charge is 0.251 e. The number of nitrogens with one attached hydrogen (secondary N) is 1. The lowest BCUT2D eigenvalue weighted by Gasteiger charge is -2.13. The van der Waals surface area contributed by atoms with Crippen LogP contribution in [0.1, 0.15) is 15.9 Å². The van der Waals surface area contributed by atoms with E-state index in [0.29, 0.717) is 28.6 Å². The normalized spacial score (nSPS) is 10.0. The number of hydrogen-bond acceptors (Lipinski definition) is 3. The minimum absolute atomic E-state index is 0.170. The minimum Gasteiger partial charge on any atom is -0.493 e. The highest BCUT2D eigenvalue weighted by Crippen LogP contribution is 2.30. The SMILES string of the molecule is COc1cccc(CNC(=O)c2ccc(Cl)cc2)c1OC. The molecule has 0 bridgehead atoms. The van der Waals surface area contributed by atoms with E-state index in [1.165, 1.54) is 0 Å². The van der Waals surface area contributed by atoms with Gasteiger partial charge in [0.25, 0.3) is 5.91 Å². The van der Waals surface area contributed by atoms with E-state index in [1.807, 2.05) is 18.2 Å². The van der Waals surface area contributed by atoms with Crippen LogP contribution in [-0.2, 0) is 6.54 Å². The van der Waals surface area contributed by atoms with Gasteiger partial charge in [-0.15, -0.1) is 0 Å². The number of hydrogen-bond donors (Lipinski definition) is 1. The fraction of sp³-hybridized carbons (Fsp3) is 0.188. The predicted molar refractivity (Wildman–Crippen MR) is 82.2 cm³/mol. The second kappa shape index (κ2) is 6.99. The number of amides is 1. The molecule has 0 unspecified atom stereocenters. The van der Waals surface area contributed by atoms with Crippen LogP contribution >= 0.6 is 11.6 Å². The van der Waals surface area contributed by atoms with Gasteiger partial charge < -0.3 is 14.8 Å². The standard InChI is InChI=1S/C16H16ClNO3/c1-20-14-5-3-4-12(15(14)21-2)10-18-16(19)11-6-8-13(17)9-7-11/h3-9H,10H2,1-2H3,(H,18,19). The number of carbonyl (C=O) groups is 1. The largest absolute Gasteiger partial charge is 0.493 e. The van der Waals surface area contributed by atoms with E-state index in [0.717, 1.165) is 5.56 Å². The van der Waals surface area contributed by atoms with Gasteiger partial charge in [-0.05, 0) is 30.3 Å². The summed E-state index contributed by atoms with van der Waals surface area (Å²) >= 11 is 5.80. The Bertz CT molecular complexity index is 626. The molecule has 4 nitrogen and oxygen atoms in total. The molecule has 5 heteroatoms. The van der Waals surface area contributed by atoms with E-state index < -0.39 is 0 Å². The topological polar surface area (TPSA) is 47.6 Å². The van der Waals surface area contributed by atoms with Gasteiger partial charge in [-0.25, -0.2) is 0 Å². The maximum absolute atomic E-state index is 12.1. The summed E-state index contributed by atoms with van der Waals surface area (Å²) in [5.41, 5.74) is 1.40. The molecule has 2 rings (SSSR count). The third-order valence-corrected chi connectivity index (χ3v) is 3.28. The highest BCUT2D eigenvalue weighted by atomic mass is 35.5. The van der Waals surface area contributed by atoms with E-state index in [1.54, 1.807) is 38.5 Å². The first-order chi connectivity index (χ1) is 10.2. The Kier molecular flexibility index (Phi) is 5.06. The van der Waals surface area contributed by atoms with Gasteiger partial charge in [0.05, 0.1) is 14.2 Å². The number of methoxy groups -OCH3 is 2. The van der Waals surface area contributed by atoms with Crippen molar-refractivity contribution in [2.45, 2.75) is 6.54 Å². The number of benzene rings is 2. The first-order valence-electron chi connectivity index (χ1n) is 6.39. The fourth-order valence-electron chi connectivity index (χ4n) is 1.97. The Hall–Kier alpha value is -2.20. The molecule has 0 atom stereocenters. The molecule has 1 amide bonds. The van der Waals surface area contributed by atoms with Crippen LogP contribution in [0.25, 0.3) is 0 Å². The van der Waals surface area contributed by atoms with Crippen LogP contribution in [-0.4, -0.2) is 20.1 Å². The molecule has 0 aliphatic heterocycles. The summed E-state index contributed by atoms with van der Waals surface area (Å²) in [6, 6.07) is 12.3. The predicted octanol–water partition coefficient (Wildman–Crippen LogP) is 3.29. The summed E-state index contributed by atoms with van der Waals surface area (Å²) in [5.74, 6) is 1.09. The molecule has 0 saturated heterocycles. The third kappa shape index (κ3) is 3.67. The highest BCUT2D eigenvalue weighted by molar-refractivity contribution is 6.30. The summed E-state index contributed by atoms with van der Waals surface area (Å²) in [4.78, 5) is 12.1. The monoisotopic (exact) mass is 305 g/mol. The summed E-state index contributed by atoms with van der Waals surface area (Å²) in [5, 5.41) is 3.44. The van der Waals surface area contributed by atoms with Crippen LogP contribution < -0.4 is 14.8 Å². The van der Waals surface area contributed by atoms with E-state index in [2.05, 4.69) is 5.32 Å². The maximum atomic E-state index is 12.1. The zero-order valence-electron chi connectivity index (χ0n) is 11.9. The lowest BCUT2D eigenvalue weighted by atomic mass is 10.1. The molecule has 110 valence electrons. The first kappa shape index (κ1) is 15.2. The van der Waals surface area contributed by atoms with E-state index in [4.69, 9.17) is 21.1 Å². The van der Waals surface area contributed by atoms with Gasteiger partial charge in [0.2, 0.25) is 0 Å². The van der Waals surface area contributed by atoms with Crippen LogP contribution in [0, 0.1) is 0 Å². The Morgan fingerprint density at radius 3 is 2.43 bits per heavy atom. The van der Waals surface area contributed by atoms with Gasteiger partial charge in [0, 0.05) is 22.7 Å². The Labute approximate surface area is 128 Å². The second-order valence-corrected chi connectivity index (χ2v) is 4.78. The molecule has 0 heterocycles. The average Bonchev–Trinajstić information content (AvgIpc) is 2.52. The molecular weight excluding hydrogens is 290 g/mol. The van der Waals surface area contributed by atoms with E-state index in [9.17, 15) is 4.79 Å². The molecule has 0 aliphatic carbocycles. The van der Waals surface area contributed by atoms with Crippen LogP contribution in [0.2, 0.25) is 5.02 Å². The van der Waals surface area contributed by atoms with E-state index >= 15 is 0 Å². The second-order valence-electron chi connectivity index (χ2n) is 4.34. The molecule has 0 fully saturated rings. The summed E-state index contributed by atoms with van der Waals surface area (Å²) in [6.45, 7) is 0.349. The molecule has 0 aliphatic rings. The number of carbonyl (C=O) groups excluding carboxylic acids is 1. The van der Waals surface area contributed by atoms with Gasteiger partial charge in [-0.2, -0.15) is 0 Å². The fourth-order valence-corrected chi connectivity index (χ4v) is 2.10. The maximum Gasteiger partial charge on any atom is 0.251 e. The lowest BCUT2D eigenvalue weighted by molar-refractivity contribution is 0.0950. The van der Waals surface area contributed by atoms with Crippen molar-refractivity contribution in [3.8, 4) is 11.5 Å². The quantitative estimate of drug-likeness (QED) is 0.922. The van der Waals surface area contributed by atoms with Crippen molar-refractivity contribution >= 4 is 17.5 Å². The Balaban J connectivity index is 2.09. The number of ether oxygens (including phenoxy) is 2. The molecule has 1 N–H and O–H groups in total. The first-order valence-corrected chi connectivity index (χ1v) is 6.77. The van der Waals surface area contributed by atoms with Gasteiger partial charge in [0.1, 0.15) is 0 Å². The summed E-state index contributed by atoms with van der Waals surface area (Å²) < 4.78 is 10.6. The van der Waals surface area contributed by atoms with Gasteiger partial charge >= 0.3 is 0 Å². The van der Waals surface area contributed by atoms with Crippen molar-refractivity contribution in [1.29, 1.82) is 0 Å². The van der Waals surface area contributed by atoms with Crippen molar-refractivity contribution in [2.75, 3.05) is 14.2 Å². The van der Waals surface area contributed by atoms with Gasteiger partial charge in [-0.1, -0.05) is 23.7 Å². The Morgan fingerprint density at radius 1 is 1.10 bits per heavy atom. The van der Waals surface area contributed by atoms with Crippen LogP contribution in [0.15, 0.2) is 42.5 Å². The van der Waals surface area contributed by atoms with Gasteiger partial charge in [0.15, 0.2) is 11.5 Å². The number of para-hydroxylation sites is 1. The minimum atomic E-state index is -0.170. The molecule has 0 spiro atoms.